The predicted molar refractivity (Wildman–Crippen MR) is 65.8 cm³/mol. The number of nitrogens with two attached hydrogens (primary N) is 1. The second-order valence-electron chi connectivity index (χ2n) is 5.40. The summed E-state index contributed by atoms with van der Waals surface area (Å²) in [7, 11) is 0. The Labute approximate surface area is 94.1 Å². The zero-order chi connectivity index (χ0) is 10.7. The van der Waals surface area contributed by atoms with E-state index >= 15 is 0 Å². The minimum atomic E-state index is 0.151. The van der Waals surface area contributed by atoms with Crippen molar-refractivity contribution in [2.75, 3.05) is 0 Å². The van der Waals surface area contributed by atoms with Gasteiger partial charge in [0.1, 0.15) is 0 Å². The van der Waals surface area contributed by atoms with E-state index in [2.05, 4.69) is 6.92 Å². The number of hydrogen-bond donors (Lipinski definition) is 1. The van der Waals surface area contributed by atoms with E-state index < -0.39 is 0 Å². The third-order valence-corrected chi connectivity index (χ3v) is 4.08. The highest BCUT2D eigenvalue weighted by molar-refractivity contribution is 5.38. The van der Waals surface area contributed by atoms with Crippen LogP contribution >= 0.6 is 0 Å². The average molecular weight is 207 g/mol. The molecule has 0 amide bonds. The molecular weight excluding hydrogens is 182 g/mol. The third kappa shape index (κ3) is 2.63. The summed E-state index contributed by atoms with van der Waals surface area (Å²) < 4.78 is 0. The van der Waals surface area contributed by atoms with Crippen LogP contribution in [0.1, 0.15) is 71.1 Å². The average Bonchev–Trinajstić information content (AvgIpc) is 3.00. The van der Waals surface area contributed by atoms with Crippen LogP contribution in [0.5, 0.6) is 0 Å². The first-order valence-corrected chi connectivity index (χ1v) is 6.76. The molecule has 0 aliphatic heterocycles. The zero-order valence-corrected chi connectivity index (χ0v) is 10.1. The molecule has 0 radical (unpaired) electrons. The monoisotopic (exact) mass is 207 g/mol. The summed E-state index contributed by atoms with van der Waals surface area (Å²) in [6.45, 7) is 2.27. The summed E-state index contributed by atoms with van der Waals surface area (Å²) in [6, 6.07) is 0. The fraction of sp³-hybridized carbons (Fsp3) is 0.857. The summed E-state index contributed by atoms with van der Waals surface area (Å²) in [4.78, 5) is 0. The van der Waals surface area contributed by atoms with Crippen LogP contribution in [0.2, 0.25) is 0 Å². The van der Waals surface area contributed by atoms with Crippen molar-refractivity contribution in [2.45, 2.75) is 76.7 Å². The van der Waals surface area contributed by atoms with Gasteiger partial charge in [0.15, 0.2) is 0 Å². The van der Waals surface area contributed by atoms with Crippen LogP contribution in [0.3, 0.4) is 0 Å². The van der Waals surface area contributed by atoms with Crippen molar-refractivity contribution in [1.29, 1.82) is 0 Å². The lowest BCUT2D eigenvalue weighted by molar-refractivity contribution is 0.322. The summed E-state index contributed by atoms with van der Waals surface area (Å²) in [6.07, 6.45) is 13.4. The lowest BCUT2D eigenvalue weighted by atomic mass is 9.69. The highest BCUT2D eigenvalue weighted by atomic mass is 14.8. The second-order valence-corrected chi connectivity index (χ2v) is 5.40. The maximum Gasteiger partial charge on any atom is 0.0374 e. The molecule has 0 spiro atoms. The topological polar surface area (TPSA) is 26.0 Å². The molecule has 1 atom stereocenters. The Bertz CT molecular complexity index is 248. The fourth-order valence-electron chi connectivity index (χ4n) is 2.78. The second kappa shape index (κ2) is 4.69. The van der Waals surface area contributed by atoms with Crippen LogP contribution in [0.4, 0.5) is 0 Å². The quantitative estimate of drug-likeness (QED) is 0.518. The van der Waals surface area contributed by atoms with Gasteiger partial charge in [0.25, 0.3) is 0 Å². The first-order valence-electron chi connectivity index (χ1n) is 6.76. The molecule has 86 valence electrons. The summed E-state index contributed by atoms with van der Waals surface area (Å²) >= 11 is 0. The minimum Gasteiger partial charge on any atom is -0.322 e. The summed E-state index contributed by atoms with van der Waals surface area (Å²) in [5.74, 6) is 0. The van der Waals surface area contributed by atoms with E-state index in [9.17, 15) is 0 Å². The molecule has 2 rings (SSSR count). The highest BCUT2D eigenvalue weighted by Crippen LogP contribution is 2.48. The molecule has 2 N–H and O–H groups in total. The van der Waals surface area contributed by atoms with Crippen molar-refractivity contribution in [1.82, 2.24) is 0 Å². The molecule has 2 fully saturated rings. The normalized spacial score (nSPS) is 29.2. The molecular formula is C14H25N. The summed E-state index contributed by atoms with van der Waals surface area (Å²) in [5.41, 5.74) is 9.95. The zero-order valence-electron chi connectivity index (χ0n) is 10.1. The van der Waals surface area contributed by atoms with E-state index in [-0.39, 0.29) is 5.54 Å². The molecule has 0 aromatic carbocycles. The molecule has 1 nitrogen and oxygen atoms in total. The van der Waals surface area contributed by atoms with E-state index in [1.54, 1.807) is 11.1 Å². The van der Waals surface area contributed by atoms with Gasteiger partial charge in [-0.2, -0.15) is 0 Å². The van der Waals surface area contributed by atoms with Crippen LogP contribution in [0.25, 0.3) is 0 Å². The van der Waals surface area contributed by atoms with Gasteiger partial charge in [0.05, 0.1) is 0 Å². The molecule has 0 aromatic heterocycles. The van der Waals surface area contributed by atoms with Crippen LogP contribution in [0, 0.1) is 0 Å². The van der Waals surface area contributed by atoms with E-state index in [0.29, 0.717) is 0 Å². The molecule has 1 unspecified atom stereocenters. The number of unbranched alkanes of at least 4 members (excludes halogenated alkanes) is 4. The summed E-state index contributed by atoms with van der Waals surface area (Å²) in [5, 5.41) is 0. The van der Waals surface area contributed by atoms with Crippen molar-refractivity contribution >= 4 is 0 Å². The number of allylic oxidation sites excluding steroid dienone is 1. The third-order valence-electron chi connectivity index (χ3n) is 4.08. The van der Waals surface area contributed by atoms with Gasteiger partial charge < -0.3 is 5.73 Å². The van der Waals surface area contributed by atoms with E-state index in [4.69, 9.17) is 5.73 Å². The molecule has 0 aromatic rings. The van der Waals surface area contributed by atoms with Gasteiger partial charge in [-0.25, -0.2) is 0 Å². The first kappa shape index (κ1) is 11.2. The highest BCUT2D eigenvalue weighted by Gasteiger charge is 2.41. The molecule has 2 aliphatic rings. The van der Waals surface area contributed by atoms with Crippen LogP contribution in [0.15, 0.2) is 11.1 Å². The van der Waals surface area contributed by atoms with Gasteiger partial charge in [-0.1, -0.05) is 50.2 Å². The molecule has 0 saturated heterocycles. The molecule has 15 heavy (non-hydrogen) atoms. The molecule has 1 heteroatoms. The maximum atomic E-state index is 6.44. The Morgan fingerprint density at radius 1 is 1.07 bits per heavy atom. The van der Waals surface area contributed by atoms with Crippen LogP contribution in [-0.4, -0.2) is 5.54 Å². The lowest BCUT2D eigenvalue weighted by Crippen LogP contribution is -2.49. The van der Waals surface area contributed by atoms with Gasteiger partial charge in [-0.05, 0) is 32.1 Å². The van der Waals surface area contributed by atoms with Gasteiger partial charge in [-0.15, -0.1) is 0 Å². The standard InChI is InChI=1S/C14H25N/c1-2-3-4-5-6-10-14(15)11-9-13(14)12-7-8-12/h2-11,15H2,1H3. The van der Waals surface area contributed by atoms with Crippen molar-refractivity contribution in [2.24, 2.45) is 5.73 Å². The molecule has 2 aliphatic carbocycles. The van der Waals surface area contributed by atoms with E-state index in [1.165, 1.54) is 64.2 Å². The van der Waals surface area contributed by atoms with Crippen molar-refractivity contribution in [3.8, 4) is 0 Å². The Balaban J connectivity index is 1.68. The first-order chi connectivity index (χ1) is 7.26. The molecule has 2 saturated carbocycles. The van der Waals surface area contributed by atoms with Crippen molar-refractivity contribution < 1.29 is 0 Å². The number of rotatable bonds is 6. The van der Waals surface area contributed by atoms with E-state index in [1.807, 2.05) is 0 Å². The van der Waals surface area contributed by atoms with Gasteiger partial charge in [-0.3, -0.25) is 0 Å². The minimum absolute atomic E-state index is 0.151. The smallest absolute Gasteiger partial charge is 0.0374 e. The maximum absolute atomic E-state index is 6.44. The Morgan fingerprint density at radius 3 is 2.33 bits per heavy atom. The number of hydrogen-bond acceptors (Lipinski definition) is 1. The molecule has 0 heterocycles. The Hall–Kier alpha value is -0.300. The van der Waals surface area contributed by atoms with E-state index in [0.717, 1.165) is 0 Å². The van der Waals surface area contributed by atoms with Gasteiger partial charge in [0.2, 0.25) is 0 Å². The largest absolute Gasteiger partial charge is 0.322 e. The van der Waals surface area contributed by atoms with Gasteiger partial charge >= 0.3 is 0 Å². The van der Waals surface area contributed by atoms with Gasteiger partial charge in [0, 0.05) is 5.54 Å². The van der Waals surface area contributed by atoms with Crippen molar-refractivity contribution in [3.05, 3.63) is 11.1 Å². The Kier molecular flexibility index (Phi) is 3.50. The SMILES string of the molecule is CCCCCCCC1(N)CCC1=C1CC1. The predicted octanol–water partition coefficient (Wildman–Crippen LogP) is 3.93. The Morgan fingerprint density at radius 2 is 1.80 bits per heavy atom. The van der Waals surface area contributed by atoms with Crippen LogP contribution < -0.4 is 5.73 Å². The fourth-order valence-corrected chi connectivity index (χ4v) is 2.78. The van der Waals surface area contributed by atoms with Crippen molar-refractivity contribution in [3.63, 3.8) is 0 Å². The lowest BCUT2D eigenvalue weighted by Gasteiger charge is -2.42. The molecule has 0 bridgehead atoms. The van der Waals surface area contributed by atoms with Crippen LogP contribution in [-0.2, 0) is 0 Å².